The van der Waals surface area contributed by atoms with Crippen LogP contribution in [0.3, 0.4) is 0 Å². The molecule has 0 radical (unpaired) electrons. The molecule has 3 aromatic rings. The fourth-order valence-electron chi connectivity index (χ4n) is 3.69. The SMILES string of the molecule is CN(Cc1cccc2ccccc12)C(=O)C1CCc2nc[nH]c2C1. The van der Waals surface area contributed by atoms with Crippen molar-refractivity contribution in [3.8, 4) is 0 Å². The monoisotopic (exact) mass is 319 g/mol. The molecule has 4 heteroatoms. The third-order valence-electron chi connectivity index (χ3n) is 5.00. The average Bonchev–Trinajstić information content (AvgIpc) is 3.09. The highest BCUT2D eigenvalue weighted by molar-refractivity contribution is 5.86. The van der Waals surface area contributed by atoms with Crippen molar-refractivity contribution in [2.45, 2.75) is 25.8 Å². The Morgan fingerprint density at radius 1 is 1.25 bits per heavy atom. The van der Waals surface area contributed by atoms with E-state index < -0.39 is 0 Å². The quantitative estimate of drug-likeness (QED) is 0.805. The third kappa shape index (κ3) is 2.68. The number of hydrogen-bond acceptors (Lipinski definition) is 2. The third-order valence-corrected chi connectivity index (χ3v) is 5.00. The molecule has 1 heterocycles. The molecule has 1 unspecified atom stereocenters. The molecule has 0 fully saturated rings. The van der Waals surface area contributed by atoms with Crippen molar-refractivity contribution in [2.24, 2.45) is 5.92 Å². The molecule has 4 nitrogen and oxygen atoms in total. The number of carbonyl (C=O) groups is 1. The molecule has 24 heavy (non-hydrogen) atoms. The van der Waals surface area contributed by atoms with Gasteiger partial charge in [0.1, 0.15) is 0 Å². The fraction of sp³-hybridized carbons (Fsp3) is 0.300. The molecule has 122 valence electrons. The summed E-state index contributed by atoms with van der Waals surface area (Å²) in [6.45, 7) is 0.645. The molecule has 1 amide bonds. The van der Waals surface area contributed by atoms with Crippen LogP contribution in [0.4, 0.5) is 0 Å². The zero-order valence-corrected chi connectivity index (χ0v) is 13.8. The number of fused-ring (bicyclic) bond motifs is 2. The van der Waals surface area contributed by atoms with E-state index in [-0.39, 0.29) is 11.8 Å². The zero-order chi connectivity index (χ0) is 16.5. The molecule has 1 atom stereocenters. The highest BCUT2D eigenvalue weighted by Crippen LogP contribution is 2.25. The number of carbonyl (C=O) groups excluding carboxylic acids is 1. The van der Waals surface area contributed by atoms with Gasteiger partial charge in [0, 0.05) is 31.6 Å². The second-order valence-electron chi connectivity index (χ2n) is 6.60. The van der Waals surface area contributed by atoms with Crippen LogP contribution in [0.5, 0.6) is 0 Å². The molecule has 1 aromatic heterocycles. The largest absolute Gasteiger partial charge is 0.348 e. The van der Waals surface area contributed by atoms with Crippen molar-refractivity contribution in [3.05, 3.63) is 65.7 Å². The first-order chi connectivity index (χ1) is 11.7. The fourth-order valence-corrected chi connectivity index (χ4v) is 3.69. The van der Waals surface area contributed by atoms with E-state index in [1.165, 1.54) is 16.3 Å². The maximum atomic E-state index is 12.9. The van der Waals surface area contributed by atoms with Crippen molar-refractivity contribution >= 4 is 16.7 Å². The highest BCUT2D eigenvalue weighted by Gasteiger charge is 2.28. The minimum Gasteiger partial charge on any atom is -0.348 e. The van der Waals surface area contributed by atoms with E-state index in [0.717, 1.165) is 30.7 Å². The Kier molecular flexibility index (Phi) is 3.81. The summed E-state index contributed by atoms with van der Waals surface area (Å²) in [6, 6.07) is 14.6. The number of imidazole rings is 1. The second-order valence-corrected chi connectivity index (χ2v) is 6.60. The lowest BCUT2D eigenvalue weighted by Gasteiger charge is -2.26. The van der Waals surface area contributed by atoms with Gasteiger partial charge < -0.3 is 9.88 Å². The van der Waals surface area contributed by atoms with E-state index in [0.29, 0.717) is 6.54 Å². The van der Waals surface area contributed by atoms with Crippen LogP contribution >= 0.6 is 0 Å². The van der Waals surface area contributed by atoms with Gasteiger partial charge in [0.15, 0.2) is 0 Å². The molecule has 0 bridgehead atoms. The van der Waals surface area contributed by atoms with E-state index in [9.17, 15) is 4.79 Å². The Morgan fingerprint density at radius 2 is 2.08 bits per heavy atom. The maximum absolute atomic E-state index is 12.9. The Morgan fingerprint density at radius 3 is 3.00 bits per heavy atom. The molecule has 0 spiro atoms. The van der Waals surface area contributed by atoms with E-state index >= 15 is 0 Å². The first-order valence-electron chi connectivity index (χ1n) is 8.45. The van der Waals surface area contributed by atoms with Crippen molar-refractivity contribution in [1.82, 2.24) is 14.9 Å². The van der Waals surface area contributed by atoms with E-state index in [2.05, 4.69) is 46.4 Å². The number of aromatic nitrogens is 2. The summed E-state index contributed by atoms with van der Waals surface area (Å²) in [5.41, 5.74) is 3.44. The van der Waals surface area contributed by atoms with Gasteiger partial charge in [-0.2, -0.15) is 0 Å². The summed E-state index contributed by atoms with van der Waals surface area (Å²) < 4.78 is 0. The minimum absolute atomic E-state index is 0.0536. The molecule has 1 aliphatic rings. The van der Waals surface area contributed by atoms with Gasteiger partial charge >= 0.3 is 0 Å². The zero-order valence-electron chi connectivity index (χ0n) is 13.8. The summed E-state index contributed by atoms with van der Waals surface area (Å²) >= 11 is 0. The van der Waals surface area contributed by atoms with Crippen molar-refractivity contribution < 1.29 is 4.79 Å². The maximum Gasteiger partial charge on any atom is 0.226 e. The minimum atomic E-state index is 0.0536. The molecule has 0 saturated heterocycles. The Bertz CT molecular complexity index is 878. The topological polar surface area (TPSA) is 49.0 Å². The average molecular weight is 319 g/mol. The number of rotatable bonds is 3. The molecule has 1 N–H and O–H groups in total. The van der Waals surface area contributed by atoms with Crippen molar-refractivity contribution in [3.63, 3.8) is 0 Å². The predicted molar refractivity (Wildman–Crippen MR) is 94.5 cm³/mol. The number of aromatic amines is 1. The van der Waals surface area contributed by atoms with E-state index in [1.807, 2.05) is 18.0 Å². The van der Waals surface area contributed by atoms with Crippen molar-refractivity contribution in [1.29, 1.82) is 0 Å². The number of H-pyrrole nitrogens is 1. The normalized spacial score (nSPS) is 16.8. The molecule has 1 aliphatic carbocycles. The lowest BCUT2D eigenvalue weighted by Crippen LogP contribution is -2.35. The molecule has 0 aliphatic heterocycles. The van der Waals surface area contributed by atoms with E-state index in [1.54, 1.807) is 6.33 Å². The molecular formula is C20H21N3O. The van der Waals surface area contributed by atoms with Crippen LogP contribution in [0.15, 0.2) is 48.8 Å². The van der Waals surface area contributed by atoms with Crippen LogP contribution in [0.25, 0.3) is 10.8 Å². The van der Waals surface area contributed by atoms with Crippen LogP contribution in [-0.4, -0.2) is 27.8 Å². The Balaban J connectivity index is 1.51. The van der Waals surface area contributed by atoms with Gasteiger partial charge in [-0.05, 0) is 29.2 Å². The van der Waals surface area contributed by atoms with Crippen LogP contribution < -0.4 is 0 Å². The first-order valence-corrected chi connectivity index (χ1v) is 8.45. The van der Waals surface area contributed by atoms with Gasteiger partial charge in [0.05, 0.1) is 12.0 Å². The highest BCUT2D eigenvalue weighted by atomic mass is 16.2. The van der Waals surface area contributed by atoms with Crippen LogP contribution in [-0.2, 0) is 24.2 Å². The number of amides is 1. The Labute approximate surface area is 141 Å². The smallest absolute Gasteiger partial charge is 0.226 e. The van der Waals surface area contributed by atoms with Gasteiger partial charge in [-0.25, -0.2) is 4.98 Å². The summed E-state index contributed by atoms with van der Waals surface area (Å²) in [4.78, 5) is 22.2. The lowest BCUT2D eigenvalue weighted by atomic mass is 9.88. The number of nitrogens with one attached hydrogen (secondary N) is 1. The Hall–Kier alpha value is -2.62. The number of benzene rings is 2. The summed E-state index contributed by atoms with van der Waals surface area (Å²) in [7, 11) is 1.91. The second kappa shape index (κ2) is 6.11. The summed E-state index contributed by atoms with van der Waals surface area (Å²) in [5, 5.41) is 2.44. The van der Waals surface area contributed by atoms with Crippen molar-refractivity contribution in [2.75, 3.05) is 7.05 Å². The molecule has 2 aromatic carbocycles. The molecule has 0 saturated carbocycles. The standard InChI is InChI=1S/C20H21N3O/c1-23(12-16-7-4-6-14-5-2-3-8-17(14)16)20(24)15-9-10-18-19(11-15)22-13-21-18/h2-8,13,15H,9-12H2,1H3,(H,21,22). The van der Waals surface area contributed by atoms with Crippen LogP contribution in [0.2, 0.25) is 0 Å². The number of aryl methyl sites for hydroxylation is 1. The number of hydrogen-bond donors (Lipinski definition) is 1. The van der Waals surface area contributed by atoms with Gasteiger partial charge in [-0.3, -0.25) is 4.79 Å². The molecule has 4 rings (SSSR count). The van der Waals surface area contributed by atoms with Gasteiger partial charge in [-0.15, -0.1) is 0 Å². The van der Waals surface area contributed by atoms with Crippen LogP contribution in [0.1, 0.15) is 23.4 Å². The summed E-state index contributed by atoms with van der Waals surface area (Å²) in [5.74, 6) is 0.279. The first kappa shape index (κ1) is 14.9. The lowest BCUT2D eigenvalue weighted by molar-refractivity contribution is -0.135. The van der Waals surface area contributed by atoms with Gasteiger partial charge in [0.2, 0.25) is 5.91 Å². The van der Waals surface area contributed by atoms with Gasteiger partial charge in [-0.1, -0.05) is 42.5 Å². The van der Waals surface area contributed by atoms with Crippen LogP contribution in [0, 0.1) is 5.92 Å². The van der Waals surface area contributed by atoms with E-state index in [4.69, 9.17) is 0 Å². The number of nitrogens with zero attached hydrogens (tertiary/aromatic N) is 2. The van der Waals surface area contributed by atoms with Gasteiger partial charge in [0.25, 0.3) is 0 Å². The molecular weight excluding hydrogens is 298 g/mol. The predicted octanol–water partition coefficient (Wildman–Crippen LogP) is 3.33. The summed E-state index contributed by atoms with van der Waals surface area (Å²) in [6.07, 6.45) is 4.28.